The molecular weight excluding hydrogens is 1110 g/mol. The molecule has 0 fully saturated rings. The summed E-state index contributed by atoms with van der Waals surface area (Å²) in [6.07, 6.45) is 7.34. The maximum Gasteiger partial charge on any atom is 0.513 e. The van der Waals surface area contributed by atoms with Crippen molar-refractivity contribution in [3.63, 3.8) is 0 Å². The highest BCUT2D eigenvalue weighted by Gasteiger charge is 2.33. The highest BCUT2D eigenvalue weighted by molar-refractivity contribution is 6.85. The Hall–Kier alpha value is -4.64. The number of methoxy groups -OCH3 is 4. The van der Waals surface area contributed by atoms with Crippen molar-refractivity contribution in [1.29, 1.82) is 0 Å². The summed E-state index contributed by atoms with van der Waals surface area (Å²) in [4.78, 5) is 32.4. The van der Waals surface area contributed by atoms with E-state index in [-0.39, 0.29) is 41.6 Å². The average Bonchev–Trinajstić information content (AvgIpc) is 3.39. The lowest BCUT2D eigenvalue weighted by atomic mass is 10.0. The first-order chi connectivity index (χ1) is 36.9. The Morgan fingerprint density at radius 3 is 1.09 bits per heavy atom. The van der Waals surface area contributed by atoms with E-state index in [1.807, 2.05) is 72.8 Å². The Bertz CT molecular complexity index is 2210. The van der Waals surface area contributed by atoms with Gasteiger partial charge in [-0.15, -0.1) is 0 Å². The normalized spacial score (nSPS) is 10.8. The van der Waals surface area contributed by atoms with Gasteiger partial charge in [-0.25, -0.2) is 4.79 Å². The standard InChI is InChI=1S/C16H16O4.C15H34O4Si2.C15H14O3.C14H34O3Si2.4CH4/c1-18-14-7-3-12(4-8-14)11-13-5-9-15(10-6-13)20-16(17)19-2;1-7-8-13-20(3,4)19-21(5,6)14-9-10-17-11-12-18-15(2)16;1-11(16)18-15-9-5-13(6-10-15)12-3-7-14(17-2)8-4-12;1-7-8-13-18(3,4)17-19(5,6)14-9-10-16-12-11-15-2;;;;/h3-10H,11H2,1-2H3;7-14H2,1-6H3;3-10H,1-2H3;7-14H2,1-6H3;4*1H4. The summed E-state index contributed by atoms with van der Waals surface area (Å²) in [5.41, 5.74) is 4.47. The van der Waals surface area contributed by atoms with E-state index >= 15 is 0 Å². The fraction of sp³-hybridized carbons (Fsp3) is 0.578. The van der Waals surface area contributed by atoms with Gasteiger partial charge in [0.1, 0.15) is 29.6 Å². The molecule has 0 saturated heterocycles. The molecule has 0 aromatic heterocycles. The second kappa shape index (κ2) is 46.7. The van der Waals surface area contributed by atoms with Crippen molar-refractivity contribution >= 4 is 51.4 Å². The van der Waals surface area contributed by atoms with Crippen LogP contribution in [0.5, 0.6) is 23.0 Å². The van der Waals surface area contributed by atoms with Crippen molar-refractivity contribution in [2.75, 3.05) is 68.1 Å². The van der Waals surface area contributed by atoms with Crippen molar-refractivity contribution in [3.8, 4) is 34.1 Å². The van der Waals surface area contributed by atoms with E-state index in [1.54, 1.807) is 45.6 Å². The van der Waals surface area contributed by atoms with Gasteiger partial charge in [0.05, 0.1) is 41.2 Å². The van der Waals surface area contributed by atoms with Crippen LogP contribution < -0.4 is 18.9 Å². The molecule has 0 unspecified atom stereocenters. The third-order valence-corrected chi connectivity index (χ3v) is 26.9. The number of unbranched alkanes of at least 4 members (excludes halogenated alkanes) is 2. The summed E-state index contributed by atoms with van der Waals surface area (Å²) in [5.74, 6) is 2.13. The number of carbonyl (C=O) groups excluding carboxylic acids is 3. The summed E-state index contributed by atoms with van der Waals surface area (Å²) < 4.78 is 58.4. The maximum atomic E-state index is 11.0. The Balaban J connectivity index is -0.000000487. The molecule has 0 aliphatic heterocycles. The maximum absolute atomic E-state index is 11.0. The quantitative estimate of drug-likeness (QED) is 0.0154. The second-order valence-electron chi connectivity index (χ2n) is 21.3. The molecule has 0 radical (unpaired) electrons. The van der Waals surface area contributed by atoms with Gasteiger partial charge in [-0.2, -0.15) is 0 Å². The van der Waals surface area contributed by atoms with Gasteiger partial charge in [-0.05, 0) is 167 Å². The van der Waals surface area contributed by atoms with Crippen LogP contribution in [-0.2, 0) is 47.9 Å². The van der Waals surface area contributed by atoms with Gasteiger partial charge >= 0.3 is 18.1 Å². The Kier molecular flexibility index (Phi) is 47.7. The van der Waals surface area contributed by atoms with Gasteiger partial charge in [0.2, 0.25) is 0 Å². The van der Waals surface area contributed by atoms with E-state index in [2.05, 4.69) is 71.0 Å². The van der Waals surface area contributed by atoms with Crippen molar-refractivity contribution in [2.24, 2.45) is 0 Å². The van der Waals surface area contributed by atoms with Gasteiger partial charge in [0.25, 0.3) is 0 Å². The lowest BCUT2D eigenvalue weighted by Crippen LogP contribution is -2.44. The molecule has 14 nitrogen and oxygen atoms in total. The molecule has 470 valence electrons. The van der Waals surface area contributed by atoms with Crippen LogP contribution in [0.15, 0.2) is 97.1 Å². The summed E-state index contributed by atoms with van der Waals surface area (Å²) in [5, 5.41) is 0. The topological polar surface area (TPSA) is 153 Å². The Morgan fingerprint density at radius 2 is 0.744 bits per heavy atom. The Labute approximate surface area is 503 Å². The highest BCUT2D eigenvalue weighted by atomic mass is 28.4. The molecule has 4 aromatic carbocycles. The SMILES string of the molecule is C.C.C.C.CCCC[Si](C)(C)O[Si](C)(C)CCCOCCOC.CCCC[Si](C)(C)O[Si](C)(C)CCCOCCOC(C)=O.COC(=O)Oc1ccc(Cc2ccc(OC)cc2)cc1.COc1ccc(-c2ccc(OC(C)=O)cc2)cc1. The van der Waals surface area contributed by atoms with Crippen molar-refractivity contribution in [1.82, 2.24) is 0 Å². The average molecular weight is 1220 g/mol. The number of rotatable bonds is 31. The van der Waals surface area contributed by atoms with Crippen molar-refractivity contribution in [2.45, 2.75) is 179 Å². The molecule has 0 aliphatic carbocycles. The summed E-state index contributed by atoms with van der Waals surface area (Å²) in [7, 11) is 0.257. The van der Waals surface area contributed by atoms with Crippen LogP contribution in [-0.4, -0.2) is 119 Å². The molecule has 4 aromatic rings. The zero-order valence-electron chi connectivity index (χ0n) is 50.5. The smallest absolute Gasteiger partial charge is 0.497 e. The van der Waals surface area contributed by atoms with Crippen LogP contribution in [0.3, 0.4) is 0 Å². The van der Waals surface area contributed by atoms with E-state index in [4.69, 9.17) is 46.1 Å². The number of hydrogen-bond acceptors (Lipinski definition) is 14. The first kappa shape index (κ1) is 83.8. The van der Waals surface area contributed by atoms with Crippen LogP contribution in [0.1, 0.15) is 107 Å². The first-order valence-electron chi connectivity index (χ1n) is 27.5. The van der Waals surface area contributed by atoms with Crippen LogP contribution in [0.4, 0.5) is 4.79 Å². The summed E-state index contributed by atoms with van der Waals surface area (Å²) in [6.45, 7) is 29.8. The van der Waals surface area contributed by atoms with Crippen LogP contribution in [0.25, 0.3) is 11.1 Å². The van der Waals surface area contributed by atoms with Gasteiger partial charge in [0.15, 0.2) is 33.3 Å². The first-order valence-corrected chi connectivity index (χ1v) is 40.0. The number of benzene rings is 4. The van der Waals surface area contributed by atoms with Crippen LogP contribution in [0, 0.1) is 0 Å². The molecule has 82 heavy (non-hydrogen) atoms. The van der Waals surface area contributed by atoms with E-state index in [1.165, 1.54) is 70.3 Å². The predicted octanol–water partition coefficient (Wildman–Crippen LogP) is 17.7. The lowest BCUT2D eigenvalue weighted by Gasteiger charge is -2.34. The third-order valence-electron chi connectivity index (χ3n) is 11.9. The van der Waals surface area contributed by atoms with E-state index in [0.29, 0.717) is 37.9 Å². The fourth-order valence-electron chi connectivity index (χ4n) is 8.15. The van der Waals surface area contributed by atoms with Gasteiger partial charge < -0.3 is 50.9 Å². The summed E-state index contributed by atoms with van der Waals surface area (Å²) >= 11 is 0. The molecular formula is C64H114O14Si4. The molecule has 0 aliphatic rings. The minimum atomic E-state index is -1.58. The van der Waals surface area contributed by atoms with Crippen molar-refractivity contribution < 1.29 is 65.2 Å². The van der Waals surface area contributed by atoms with Crippen LogP contribution in [0.2, 0.25) is 76.6 Å². The molecule has 18 heteroatoms. The summed E-state index contributed by atoms with van der Waals surface area (Å²) in [6, 6.07) is 35.3. The third kappa shape index (κ3) is 42.2. The Morgan fingerprint density at radius 1 is 0.402 bits per heavy atom. The predicted molar refractivity (Wildman–Crippen MR) is 352 cm³/mol. The zero-order chi connectivity index (χ0) is 58.5. The van der Waals surface area contributed by atoms with Gasteiger partial charge in [-0.1, -0.05) is 118 Å². The minimum Gasteiger partial charge on any atom is -0.497 e. The molecule has 0 atom stereocenters. The van der Waals surface area contributed by atoms with Gasteiger partial charge in [0, 0.05) is 34.2 Å². The van der Waals surface area contributed by atoms with Crippen molar-refractivity contribution in [3.05, 3.63) is 108 Å². The minimum absolute atomic E-state index is 0. The van der Waals surface area contributed by atoms with Crippen LogP contribution >= 0.6 is 0 Å². The second-order valence-corrected chi connectivity index (χ2v) is 39.0. The fourth-order valence-corrected chi connectivity index (χ4v) is 26.2. The highest BCUT2D eigenvalue weighted by Crippen LogP contribution is 2.27. The largest absolute Gasteiger partial charge is 0.513 e. The molecule has 0 heterocycles. The van der Waals surface area contributed by atoms with E-state index in [0.717, 1.165) is 66.7 Å². The number of carbonyl (C=O) groups is 3. The number of hydrogen-bond donors (Lipinski definition) is 0. The van der Waals surface area contributed by atoms with Gasteiger partial charge in [-0.3, -0.25) is 9.59 Å². The number of ether oxygens (including phenoxy) is 9. The van der Waals surface area contributed by atoms with E-state index < -0.39 is 39.4 Å². The number of esters is 2. The molecule has 0 saturated carbocycles. The molecule has 0 bridgehead atoms. The molecule has 4 rings (SSSR count). The molecule has 0 N–H and O–H groups in total. The van der Waals surface area contributed by atoms with E-state index in [9.17, 15) is 14.4 Å². The lowest BCUT2D eigenvalue weighted by molar-refractivity contribution is -0.142. The molecule has 0 spiro atoms. The monoisotopic (exact) mass is 1220 g/mol. The molecule has 0 amide bonds. The zero-order valence-corrected chi connectivity index (χ0v) is 54.5.